The Morgan fingerprint density at radius 1 is 0.909 bits per heavy atom. The Kier molecular flexibility index (Phi) is 5.86. The molecule has 2 aliphatic heterocycles. The van der Waals surface area contributed by atoms with Gasteiger partial charge in [0.05, 0.1) is 46.2 Å². The van der Waals surface area contributed by atoms with E-state index in [4.69, 9.17) is 18.9 Å². The van der Waals surface area contributed by atoms with Crippen molar-refractivity contribution in [3.8, 4) is 17.2 Å². The molecule has 2 aromatic rings. The van der Waals surface area contributed by atoms with Gasteiger partial charge in [-0.05, 0) is 30.3 Å². The molecule has 4 rings (SSSR count). The topological polar surface area (TPSA) is 119 Å². The molecule has 2 atom stereocenters. The average Bonchev–Trinajstić information content (AvgIpc) is 3.37. The van der Waals surface area contributed by atoms with E-state index in [2.05, 4.69) is 10.3 Å². The first kappa shape index (κ1) is 22.1. The maximum atomic E-state index is 13.3. The van der Waals surface area contributed by atoms with Crippen LogP contribution in [0.1, 0.15) is 15.9 Å². The van der Waals surface area contributed by atoms with Crippen LogP contribution in [0, 0.1) is 0 Å². The van der Waals surface area contributed by atoms with Gasteiger partial charge in [-0.15, -0.1) is 0 Å². The molecule has 0 N–H and O–H groups in total. The second-order valence-corrected chi connectivity index (χ2v) is 7.26. The summed E-state index contributed by atoms with van der Waals surface area (Å²) in [6.45, 7) is 0.0947. The van der Waals surface area contributed by atoms with Crippen LogP contribution in [0.25, 0.3) is 0 Å². The number of carbonyl (C=O) groups excluding carboxylic acids is 3. The van der Waals surface area contributed by atoms with Crippen molar-refractivity contribution in [1.82, 2.24) is 5.01 Å². The minimum atomic E-state index is -0.972. The van der Waals surface area contributed by atoms with Gasteiger partial charge < -0.3 is 18.9 Å². The highest BCUT2D eigenvalue weighted by atomic mass is 16.5. The van der Waals surface area contributed by atoms with Crippen molar-refractivity contribution in [1.29, 1.82) is 0 Å². The molecule has 1 saturated heterocycles. The average molecular weight is 454 g/mol. The lowest BCUT2D eigenvalue weighted by Gasteiger charge is -2.22. The molecule has 0 aliphatic carbocycles. The Labute approximate surface area is 189 Å². The molecular weight excluding hydrogens is 432 g/mol. The molecule has 0 radical (unpaired) electrons. The molecular formula is C22H22N4O7. The quantitative estimate of drug-likeness (QED) is 0.460. The number of carbonyl (C=O) groups is 3. The molecule has 2 aromatic carbocycles. The summed E-state index contributed by atoms with van der Waals surface area (Å²) in [5.41, 5.74) is 1.25. The first-order valence-corrected chi connectivity index (χ1v) is 9.96. The van der Waals surface area contributed by atoms with E-state index in [1.807, 2.05) is 0 Å². The predicted octanol–water partition coefficient (Wildman–Crippen LogP) is 1.99. The van der Waals surface area contributed by atoms with Crippen LogP contribution in [-0.2, 0) is 20.9 Å². The highest BCUT2D eigenvalue weighted by Gasteiger charge is 2.55. The Morgan fingerprint density at radius 3 is 2.27 bits per heavy atom. The van der Waals surface area contributed by atoms with Crippen LogP contribution in [0.3, 0.4) is 0 Å². The van der Waals surface area contributed by atoms with E-state index in [0.717, 1.165) is 4.90 Å². The van der Waals surface area contributed by atoms with E-state index in [1.165, 1.54) is 33.4 Å². The van der Waals surface area contributed by atoms with E-state index >= 15 is 0 Å². The van der Waals surface area contributed by atoms with E-state index in [-0.39, 0.29) is 6.54 Å². The van der Waals surface area contributed by atoms with Crippen molar-refractivity contribution in [3.05, 3.63) is 47.5 Å². The molecule has 0 bridgehead atoms. The lowest BCUT2D eigenvalue weighted by molar-refractivity contribution is -0.123. The number of benzene rings is 2. The summed E-state index contributed by atoms with van der Waals surface area (Å²) in [6, 6.07) is 7.68. The number of nitrogens with zero attached hydrogens (tertiary/aromatic N) is 4. The van der Waals surface area contributed by atoms with Crippen LogP contribution < -0.4 is 19.1 Å². The number of hydrogen-bond donors (Lipinski definition) is 0. The normalized spacial score (nSPS) is 19.0. The van der Waals surface area contributed by atoms with Crippen molar-refractivity contribution < 1.29 is 33.3 Å². The second-order valence-electron chi connectivity index (χ2n) is 7.26. The molecule has 1 fully saturated rings. The fraction of sp³-hybridized carbons (Fsp3) is 0.318. The molecule has 0 aromatic heterocycles. The highest BCUT2D eigenvalue weighted by Crippen LogP contribution is 2.37. The van der Waals surface area contributed by atoms with Gasteiger partial charge >= 0.3 is 5.97 Å². The van der Waals surface area contributed by atoms with E-state index < -0.39 is 29.9 Å². The fourth-order valence-electron chi connectivity index (χ4n) is 3.89. The van der Waals surface area contributed by atoms with Crippen LogP contribution in [0.4, 0.5) is 5.69 Å². The third kappa shape index (κ3) is 3.71. The standard InChI is InChI=1S/C22H22N4O7/c1-30-15-7-5-12(22(29)33-4)9-13(15)11-25-19-18(23-24-25)20(27)26(21(19)28)14-6-8-16(31-2)17(10-14)32-3/h5-10,18-19H,11H2,1-4H3/t18-,19-/m0/s1. The molecule has 0 saturated carbocycles. The number of amides is 2. The van der Waals surface area contributed by atoms with Crippen molar-refractivity contribution >= 4 is 23.5 Å². The Bertz CT molecular complexity index is 1150. The van der Waals surface area contributed by atoms with Gasteiger partial charge in [0.2, 0.25) is 0 Å². The third-order valence-electron chi connectivity index (χ3n) is 5.52. The van der Waals surface area contributed by atoms with Crippen LogP contribution in [0.5, 0.6) is 17.2 Å². The smallest absolute Gasteiger partial charge is 0.337 e. The van der Waals surface area contributed by atoms with Gasteiger partial charge in [-0.3, -0.25) is 14.6 Å². The Hall–Kier alpha value is -4.15. The van der Waals surface area contributed by atoms with Crippen LogP contribution in [0.15, 0.2) is 46.7 Å². The maximum Gasteiger partial charge on any atom is 0.337 e. The number of fused-ring (bicyclic) bond motifs is 1. The number of imide groups is 1. The number of rotatable bonds is 7. The molecule has 11 nitrogen and oxygen atoms in total. The predicted molar refractivity (Wildman–Crippen MR) is 114 cm³/mol. The van der Waals surface area contributed by atoms with Gasteiger partial charge in [-0.25, -0.2) is 9.69 Å². The molecule has 172 valence electrons. The van der Waals surface area contributed by atoms with Gasteiger partial charge in [-0.1, -0.05) is 5.22 Å². The van der Waals surface area contributed by atoms with Gasteiger partial charge in [0.15, 0.2) is 23.6 Å². The monoisotopic (exact) mass is 454 g/mol. The third-order valence-corrected chi connectivity index (χ3v) is 5.52. The molecule has 0 spiro atoms. The van der Waals surface area contributed by atoms with Gasteiger partial charge in [0.25, 0.3) is 11.8 Å². The molecule has 2 heterocycles. The van der Waals surface area contributed by atoms with Crippen molar-refractivity contribution in [2.24, 2.45) is 10.3 Å². The first-order valence-electron chi connectivity index (χ1n) is 9.96. The number of ether oxygens (including phenoxy) is 4. The lowest BCUT2D eigenvalue weighted by Crippen LogP contribution is -2.39. The minimum Gasteiger partial charge on any atom is -0.496 e. The Morgan fingerprint density at radius 2 is 1.61 bits per heavy atom. The number of anilines is 1. The van der Waals surface area contributed by atoms with Crippen molar-refractivity contribution in [2.45, 2.75) is 18.6 Å². The number of esters is 1. The first-order chi connectivity index (χ1) is 15.9. The molecule has 0 unspecified atom stereocenters. The summed E-state index contributed by atoms with van der Waals surface area (Å²) >= 11 is 0. The van der Waals surface area contributed by atoms with Crippen LogP contribution >= 0.6 is 0 Å². The fourth-order valence-corrected chi connectivity index (χ4v) is 3.89. The summed E-state index contributed by atoms with van der Waals surface area (Å²) in [7, 11) is 5.75. The zero-order chi connectivity index (χ0) is 23.7. The molecule has 33 heavy (non-hydrogen) atoms. The summed E-state index contributed by atoms with van der Waals surface area (Å²) in [4.78, 5) is 39.3. The summed E-state index contributed by atoms with van der Waals surface area (Å²) in [5.74, 6) is -0.111. The minimum absolute atomic E-state index is 0.0947. The molecule has 2 amide bonds. The maximum absolute atomic E-state index is 13.3. The zero-order valence-electron chi connectivity index (χ0n) is 18.5. The van der Waals surface area contributed by atoms with E-state index in [9.17, 15) is 14.4 Å². The van der Waals surface area contributed by atoms with E-state index in [1.54, 1.807) is 36.4 Å². The zero-order valence-corrected chi connectivity index (χ0v) is 18.5. The summed E-state index contributed by atoms with van der Waals surface area (Å²) in [5, 5.41) is 9.51. The van der Waals surface area contributed by atoms with Crippen LogP contribution in [0.2, 0.25) is 0 Å². The number of methoxy groups -OCH3 is 4. The largest absolute Gasteiger partial charge is 0.496 e. The van der Waals surface area contributed by atoms with Gasteiger partial charge in [-0.2, -0.15) is 5.11 Å². The molecule has 2 aliphatic rings. The van der Waals surface area contributed by atoms with Crippen molar-refractivity contribution in [2.75, 3.05) is 33.3 Å². The second kappa shape index (κ2) is 8.77. The van der Waals surface area contributed by atoms with Gasteiger partial charge in [0, 0.05) is 11.6 Å². The number of hydrogen-bond acceptors (Lipinski definition) is 10. The molecule has 11 heteroatoms. The lowest BCUT2D eigenvalue weighted by atomic mass is 10.1. The SMILES string of the molecule is COC(=O)c1ccc(OC)c(CN2N=N[C@@H]3C(=O)N(c4ccc(OC)c(OC)c4)C(=O)[C@H]32)c1. The summed E-state index contributed by atoms with van der Waals surface area (Å²) < 4.78 is 20.7. The van der Waals surface area contributed by atoms with Crippen LogP contribution in [-0.4, -0.2) is 63.3 Å². The highest BCUT2D eigenvalue weighted by molar-refractivity contribution is 6.25. The summed E-state index contributed by atoms with van der Waals surface area (Å²) in [6.07, 6.45) is 0. The van der Waals surface area contributed by atoms with Crippen molar-refractivity contribution in [3.63, 3.8) is 0 Å². The van der Waals surface area contributed by atoms with E-state index in [0.29, 0.717) is 34.1 Å². The Balaban J connectivity index is 1.62. The van der Waals surface area contributed by atoms with Gasteiger partial charge in [0.1, 0.15) is 5.75 Å².